The van der Waals surface area contributed by atoms with Gasteiger partial charge in [-0.3, -0.25) is 0 Å². The average molecular weight is 209 g/mol. The molecule has 0 aliphatic heterocycles. The Morgan fingerprint density at radius 1 is 1.33 bits per heavy atom. The number of rotatable bonds is 6. The molecule has 84 valence electrons. The van der Waals surface area contributed by atoms with E-state index in [2.05, 4.69) is 12.2 Å². The molecule has 1 rings (SSSR count). The smallest absolute Gasteiger partial charge is 0.0971 e. The van der Waals surface area contributed by atoms with Crippen molar-refractivity contribution in [3.8, 4) is 0 Å². The van der Waals surface area contributed by atoms with Gasteiger partial charge >= 0.3 is 0 Å². The van der Waals surface area contributed by atoms with Gasteiger partial charge in [0.15, 0.2) is 0 Å². The molecule has 2 atom stereocenters. The Kier molecular flexibility index (Phi) is 5.32. The number of aliphatic hydroxyl groups is 1. The number of ether oxygens (including phenoxy) is 1. The number of nitrogens with one attached hydrogen (secondary N) is 1. The molecule has 1 aromatic rings. The first-order chi connectivity index (χ1) is 7.29. The van der Waals surface area contributed by atoms with E-state index in [9.17, 15) is 0 Å². The second-order valence-electron chi connectivity index (χ2n) is 3.53. The van der Waals surface area contributed by atoms with Crippen molar-refractivity contribution in [2.75, 3.05) is 20.3 Å². The topological polar surface area (TPSA) is 41.5 Å². The molecule has 0 heterocycles. The van der Waals surface area contributed by atoms with Gasteiger partial charge in [-0.1, -0.05) is 30.3 Å². The molecule has 0 saturated carbocycles. The van der Waals surface area contributed by atoms with Gasteiger partial charge in [0.25, 0.3) is 0 Å². The molecule has 0 unspecified atom stereocenters. The van der Waals surface area contributed by atoms with Crippen molar-refractivity contribution >= 4 is 0 Å². The number of hydrogen-bond acceptors (Lipinski definition) is 3. The van der Waals surface area contributed by atoms with Gasteiger partial charge in [-0.15, -0.1) is 0 Å². The van der Waals surface area contributed by atoms with Gasteiger partial charge in [0.2, 0.25) is 0 Å². The third kappa shape index (κ3) is 3.63. The summed E-state index contributed by atoms with van der Waals surface area (Å²) in [6.45, 7) is 2.79. The number of hydrogen-bond donors (Lipinski definition) is 2. The molecule has 0 bridgehead atoms. The van der Waals surface area contributed by atoms with Crippen molar-refractivity contribution in [2.24, 2.45) is 0 Å². The summed E-state index contributed by atoms with van der Waals surface area (Å²) in [7, 11) is 1.70. The fourth-order valence-corrected chi connectivity index (χ4v) is 1.67. The second kappa shape index (κ2) is 6.56. The summed E-state index contributed by atoms with van der Waals surface area (Å²) in [6.07, 6.45) is 0.0257. The SMILES string of the molecule is CO[C@@H](c1ccccc1)[C@H](C)NCCO. The van der Waals surface area contributed by atoms with Gasteiger partial charge in [0, 0.05) is 19.7 Å². The molecule has 3 nitrogen and oxygen atoms in total. The summed E-state index contributed by atoms with van der Waals surface area (Å²) in [6, 6.07) is 10.3. The van der Waals surface area contributed by atoms with Crippen LogP contribution < -0.4 is 5.32 Å². The quantitative estimate of drug-likeness (QED) is 0.743. The van der Waals surface area contributed by atoms with E-state index in [0.717, 1.165) is 5.56 Å². The van der Waals surface area contributed by atoms with Crippen LogP contribution in [0, 0.1) is 0 Å². The van der Waals surface area contributed by atoms with Gasteiger partial charge in [0.05, 0.1) is 12.7 Å². The van der Waals surface area contributed by atoms with Crippen LogP contribution >= 0.6 is 0 Å². The predicted octanol–water partition coefficient (Wildman–Crippen LogP) is 1.34. The molecule has 0 saturated heterocycles. The van der Waals surface area contributed by atoms with Crippen LogP contribution in [0.5, 0.6) is 0 Å². The van der Waals surface area contributed by atoms with Crippen molar-refractivity contribution < 1.29 is 9.84 Å². The van der Waals surface area contributed by atoms with E-state index in [1.165, 1.54) is 0 Å². The first-order valence-electron chi connectivity index (χ1n) is 5.21. The molecule has 0 spiro atoms. The van der Waals surface area contributed by atoms with Crippen molar-refractivity contribution in [1.82, 2.24) is 5.32 Å². The summed E-state index contributed by atoms with van der Waals surface area (Å²) < 4.78 is 5.45. The molecule has 1 aromatic carbocycles. The van der Waals surface area contributed by atoms with Gasteiger partial charge in [-0.2, -0.15) is 0 Å². The van der Waals surface area contributed by atoms with E-state index in [0.29, 0.717) is 6.54 Å². The zero-order chi connectivity index (χ0) is 11.1. The van der Waals surface area contributed by atoms with Crippen molar-refractivity contribution in [3.63, 3.8) is 0 Å². The largest absolute Gasteiger partial charge is 0.395 e. The van der Waals surface area contributed by atoms with Crippen LogP contribution in [-0.2, 0) is 4.74 Å². The van der Waals surface area contributed by atoms with E-state index in [-0.39, 0.29) is 18.8 Å². The van der Waals surface area contributed by atoms with Crippen molar-refractivity contribution in [2.45, 2.75) is 19.1 Å². The van der Waals surface area contributed by atoms with Crippen LogP contribution in [0.2, 0.25) is 0 Å². The number of aliphatic hydroxyl groups excluding tert-OH is 1. The van der Waals surface area contributed by atoms with Crippen LogP contribution in [0.15, 0.2) is 30.3 Å². The zero-order valence-electron chi connectivity index (χ0n) is 9.31. The minimum atomic E-state index is 0.0257. The van der Waals surface area contributed by atoms with Gasteiger partial charge < -0.3 is 15.2 Å². The Morgan fingerprint density at radius 3 is 2.53 bits per heavy atom. The molecule has 3 heteroatoms. The fourth-order valence-electron chi connectivity index (χ4n) is 1.67. The van der Waals surface area contributed by atoms with Gasteiger partial charge in [-0.05, 0) is 12.5 Å². The van der Waals surface area contributed by atoms with Gasteiger partial charge in [-0.25, -0.2) is 0 Å². The van der Waals surface area contributed by atoms with E-state index in [1.54, 1.807) is 7.11 Å². The monoisotopic (exact) mass is 209 g/mol. The maximum absolute atomic E-state index is 8.74. The molecular formula is C12H19NO2. The van der Waals surface area contributed by atoms with Crippen LogP contribution in [0.3, 0.4) is 0 Å². The minimum absolute atomic E-state index is 0.0257. The van der Waals surface area contributed by atoms with Gasteiger partial charge in [0.1, 0.15) is 0 Å². The number of benzene rings is 1. The fraction of sp³-hybridized carbons (Fsp3) is 0.500. The molecule has 15 heavy (non-hydrogen) atoms. The molecule has 0 amide bonds. The Balaban J connectivity index is 2.63. The van der Waals surface area contributed by atoms with Crippen LogP contribution in [0.4, 0.5) is 0 Å². The average Bonchev–Trinajstić information content (AvgIpc) is 2.29. The normalized spacial score (nSPS) is 14.9. The predicted molar refractivity (Wildman–Crippen MR) is 60.7 cm³/mol. The Hall–Kier alpha value is -0.900. The summed E-state index contributed by atoms with van der Waals surface area (Å²) in [5.41, 5.74) is 1.15. The maximum Gasteiger partial charge on any atom is 0.0971 e. The summed E-state index contributed by atoms with van der Waals surface area (Å²) >= 11 is 0. The van der Waals surface area contributed by atoms with Crippen LogP contribution in [-0.4, -0.2) is 31.4 Å². The summed E-state index contributed by atoms with van der Waals surface area (Å²) in [5.74, 6) is 0. The molecule has 0 aromatic heterocycles. The molecule has 0 aliphatic carbocycles. The lowest BCUT2D eigenvalue weighted by Crippen LogP contribution is -2.34. The zero-order valence-corrected chi connectivity index (χ0v) is 9.31. The summed E-state index contributed by atoms with van der Waals surface area (Å²) in [4.78, 5) is 0. The lowest BCUT2D eigenvalue weighted by Gasteiger charge is -2.23. The Morgan fingerprint density at radius 2 is 2.00 bits per heavy atom. The highest BCUT2D eigenvalue weighted by Crippen LogP contribution is 2.19. The van der Waals surface area contributed by atoms with Crippen molar-refractivity contribution in [3.05, 3.63) is 35.9 Å². The van der Waals surface area contributed by atoms with Crippen molar-refractivity contribution in [1.29, 1.82) is 0 Å². The molecule has 0 aliphatic rings. The van der Waals surface area contributed by atoms with E-state index in [1.807, 2.05) is 30.3 Å². The standard InChI is InChI=1S/C12H19NO2/c1-10(13-8-9-14)12(15-2)11-6-4-3-5-7-11/h3-7,10,12-14H,8-9H2,1-2H3/t10-,12+/m0/s1. The van der Waals surface area contributed by atoms with E-state index >= 15 is 0 Å². The van der Waals surface area contributed by atoms with Crippen LogP contribution in [0.1, 0.15) is 18.6 Å². The first kappa shape index (κ1) is 12.2. The lowest BCUT2D eigenvalue weighted by atomic mass is 10.0. The van der Waals surface area contributed by atoms with E-state index in [4.69, 9.17) is 9.84 Å². The Bertz CT molecular complexity index is 264. The first-order valence-corrected chi connectivity index (χ1v) is 5.21. The summed E-state index contributed by atoms with van der Waals surface area (Å²) in [5, 5.41) is 11.9. The Labute approximate surface area is 91.1 Å². The molecule has 0 fully saturated rings. The second-order valence-corrected chi connectivity index (χ2v) is 3.53. The highest BCUT2D eigenvalue weighted by atomic mass is 16.5. The minimum Gasteiger partial charge on any atom is -0.395 e. The third-order valence-corrected chi connectivity index (χ3v) is 2.41. The highest BCUT2D eigenvalue weighted by molar-refractivity contribution is 5.18. The highest BCUT2D eigenvalue weighted by Gasteiger charge is 2.17. The molecule has 2 N–H and O–H groups in total. The van der Waals surface area contributed by atoms with Crippen LogP contribution in [0.25, 0.3) is 0 Å². The third-order valence-electron chi connectivity index (χ3n) is 2.41. The molecular weight excluding hydrogens is 190 g/mol. The van der Waals surface area contributed by atoms with E-state index < -0.39 is 0 Å². The number of methoxy groups -OCH3 is 1. The lowest BCUT2D eigenvalue weighted by molar-refractivity contribution is 0.0718. The molecule has 0 radical (unpaired) electrons. The maximum atomic E-state index is 8.74.